The molecule has 0 bridgehead atoms. The van der Waals surface area contributed by atoms with Crippen LogP contribution in [-0.2, 0) is 17.5 Å². The van der Waals surface area contributed by atoms with E-state index in [1.54, 1.807) is 19.0 Å². The Labute approximate surface area is 180 Å². The number of rotatable bonds is 8. The summed E-state index contributed by atoms with van der Waals surface area (Å²) in [6, 6.07) is 2.52. The number of benzene rings is 1. The molecular formula is C21H31F4N5O. The minimum Gasteiger partial charge on any atom is -0.357 e. The van der Waals surface area contributed by atoms with Gasteiger partial charge in [0.25, 0.3) is 0 Å². The van der Waals surface area contributed by atoms with Crippen LogP contribution in [0.4, 0.5) is 17.6 Å². The van der Waals surface area contributed by atoms with E-state index >= 15 is 0 Å². The first-order chi connectivity index (χ1) is 14.6. The lowest BCUT2D eigenvalue weighted by Gasteiger charge is -2.26. The van der Waals surface area contributed by atoms with Crippen molar-refractivity contribution in [2.45, 2.75) is 44.9 Å². The maximum atomic E-state index is 13.3. The van der Waals surface area contributed by atoms with Gasteiger partial charge in [-0.05, 0) is 50.4 Å². The Hall–Kier alpha value is -2.36. The van der Waals surface area contributed by atoms with Crippen LogP contribution >= 0.6 is 0 Å². The molecule has 1 saturated heterocycles. The molecule has 1 amide bonds. The molecule has 1 aliphatic heterocycles. The van der Waals surface area contributed by atoms with E-state index in [9.17, 15) is 22.4 Å². The monoisotopic (exact) mass is 445 g/mol. The lowest BCUT2D eigenvalue weighted by Crippen LogP contribution is -2.44. The van der Waals surface area contributed by atoms with Crippen LogP contribution in [0.25, 0.3) is 0 Å². The second-order valence-corrected chi connectivity index (χ2v) is 7.70. The summed E-state index contributed by atoms with van der Waals surface area (Å²) < 4.78 is 52.7. The Morgan fingerprint density at radius 2 is 2.03 bits per heavy atom. The number of likely N-dealkylation sites (tertiary alicyclic amines) is 1. The van der Waals surface area contributed by atoms with Crippen molar-refractivity contribution in [2.24, 2.45) is 4.99 Å². The fraction of sp³-hybridized carbons (Fsp3) is 0.619. The molecule has 2 N–H and O–H groups in total. The average molecular weight is 446 g/mol. The second-order valence-electron chi connectivity index (χ2n) is 7.70. The summed E-state index contributed by atoms with van der Waals surface area (Å²) in [5.74, 6) is -0.430. The van der Waals surface area contributed by atoms with Gasteiger partial charge in [0.15, 0.2) is 5.96 Å². The maximum absolute atomic E-state index is 13.3. The summed E-state index contributed by atoms with van der Waals surface area (Å²) in [4.78, 5) is 20.3. The summed E-state index contributed by atoms with van der Waals surface area (Å²) >= 11 is 0. The number of hydrogen-bond acceptors (Lipinski definition) is 3. The number of nitrogens with zero attached hydrogens (tertiary/aromatic N) is 3. The minimum absolute atomic E-state index is 0.0869. The van der Waals surface area contributed by atoms with Gasteiger partial charge in [-0.15, -0.1) is 0 Å². The van der Waals surface area contributed by atoms with E-state index in [0.717, 1.165) is 44.5 Å². The van der Waals surface area contributed by atoms with Gasteiger partial charge in [0.1, 0.15) is 5.82 Å². The predicted molar refractivity (Wildman–Crippen MR) is 112 cm³/mol. The zero-order chi connectivity index (χ0) is 23.0. The third-order valence-electron chi connectivity index (χ3n) is 5.13. The van der Waals surface area contributed by atoms with Crippen molar-refractivity contribution in [1.82, 2.24) is 20.4 Å². The van der Waals surface area contributed by atoms with Gasteiger partial charge < -0.3 is 15.5 Å². The summed E-state index contributed by atoms with van der Waals surface area (Å²) in [7, 11) is 3.51. The van der Waals surface area contributed by atoms with E-state index in [0.29, 0.717) is 25.1 Å². The van der Waals surface area contributed by atoms with Crippen molar-refractivity contribution in [1.29, 1.82) is 0 Å². The van der Waals surface area contributed by atoms with Crippen molar-refractivity contribution in [3.05, 3.63) is 35.1 Å². The number of likely N-dealkylation sites (N-methyl/N-ethyl adjacent to an activating group) is 1. The molecule has 0 aromatic heterocycles. The van der Waals surface area contributed by atoms with E-state index in [1.807, 2.05) is 6.92 Å². The highest BCUT2D eigenvalue weighted by atomic mass is 19.4. The molecule has 1 unspecified atom stereocenters. The first kappa shape index (κ1) is 24.9. The largest absolute Gasteiger partial charge is 0.416 e. The Kier molecular flexibility index (Phi) is 9.09. The fourth-order valence-corrected chi connectivity index (χ4v) is 3.62. The number of carbonyl (C=O) groups is 1. The van der Waals surface area contributed by atoms with Crippen molar-refractivity contribution in [2.75, 3.05) is 40.3 Å². The molecule has 10 heteroatoms. The van der Waals surface area contributed by atoms with Crippen LogP contribution in [0.15, 0.2) is 23.2 Å². The molecule has 31 heavy (non-hydrogen) atoms. The number of nitrogens with one attached hydrogen (secondary N) is 2. The molecule has 1 aromatic rings. The zero-order valence-corrected chi connectivity index (χ0v) is 18.2. The van der Waals surface area contributed by atoms with Crippen molar-refractivity contribution in [3.8, 4) is 0 Å². The third kappa shape index (κ3) is 7.37. The third-order valence-corrected chi connectivity index (χ3v) is 5.13. The highest BCUT2D eigenvalue weighted by Crippen LogP contribution is 2.32. The van der Waals surface area contributed by atoms with Crippen LogP contribution in [-0.4, -0.2) is 68.0 Å². The molecule has 0 spiro atoms. The SMILES string of the molecule is CCNC(=NCc1ccc(F)cc1C(F)(F)F)NCCCN1CCCC1C(=O)N(C)C. The van der Waals surface area contributed by atoms with Gasteiger partial charge in [-0.25, -0.2) is 9.38 Å². The molecule has 1 aromatic carbocycles. The molecule has 0 saturated carbocycles. The first-order valence-corrected chi connectivity index (χ1v) is 10.5. The first-order valence-electron chi connectivity index (χ1n) is 10.5. The molecule has 1 heterocycles. The topological polar surface area (TPSA) is 60.0 Å². The Morgan fingerprint density at radius 1 is 1.29 bits per heavy atom. The van der Waals surface area contributed by atoms with E-state index in [4.69, 9.17) is 0 Å². The predicted octanol–water partition coefficient (Wildman–Crippen LogP) is 2.84. The highest BCUT2D eigenvalue weighted by molar-refractivity contribution is 5.81. The van der Waals surface area contributed by atoms with Gasteiger partial charge >= 0.3 is 6.18 Å². The highest BCUT2D eigenvalue weighted by Gasteiger charge is 2.34. The number of aliphatic imine (C=N–C) groups is 1. The molecule has 0 radical (unpaired) electrons. The molecule has 1 fully saturated rings. The molecule has 174 valence electrons. The number of carbonyl (C=O) groups excluding carboxylic acids is 1. The number of guanidine groups is 1. The lowest BCUT2D eigenvalue weighted by molar-refractivity contribution is -0.138. The van der Waals surface area contributed by atoms with Gasteiger partial charge in [0, 0.05) is 33.7 Å². The van der Waals surface area contributed by atoms with Gasteiger partial charge in [-0.3, -0.25) is 9.69 Å². The Balaban J connectivity index is 1.92. The van der Waals surface area contributed by atoms with Crippen molar-refractivity contribution in [3.63, 3.8) is 0 Å². The van der Waals surface area contributed by atoms with Crippen LogP contribution in [0.2, 0.25) is 0 Å². The van der Waals surface area contributed by atoms with Gasteiger partial charge in [-0.2, -0.15) is 13.2 Å². The second kappa shape index (κ2) is 11.3. The smallest absolute Gasteiger partial charge is 0.357 e. The quantitative estimate of drug-likeness (QED) is 0.280. The van der Waals surface area contributed by atoms with Gasteiger partial charge in [0.05, 0.1) is 18.2 Å². The number of halogens is 4. The minimum atomic E-state index is -4.64. The zero-order valence-electron chi connectivity index (χ0n) is 18.2. The summed E-state index contributed by atoms with van der Waals surface area (Å²) in [5, 5.41) is 6.11. The van der Waals surface area contributed by atoms with Crippen LogP contribution in [0.3, 0.4) is 0 Å². The molecule has 1 atom stereocenters. The van der Waals surface area contributed by atoms with Crippen LogP contribution in [0, 0.1) is 5.82 Å². The van der Waals surface area contributed by atoms with Crippen LogP contribution in [0.1, 0.15) is 37.3 Å². The molecule has 1 aliphatic rings. The van der Waals surface area contributed by atoms with E-state index in [-0.39, 0.29) is 24.1 Å². The average Bonchev–Trinajstić information content (AvgIpc) is 3.16. The van der Waals surface area contributed by atoms with E-state index < -0.39 is 17.6 Å². The molecule has 6 nitrogen and oxygen atoms in total. The molecular weight excluding hydrogens is 414 g/mol. The summed E-state index contributed by atoms with van der Waals surface area (Å²) in [5.41, 5.74) is -1.11. The van der Waals surface area contributed by atoms with Crippen LogP contribution in [0.5, 0.6) is 0 Å². The Bertz CT molecular complexity index is 767. The summed E-state index contributed by atoms with van der Waals surface area (Å²) in [6.07, 6.45) is -2.05. The van der Waals surface area contributed by atoms with Gasteiger partial charge in [0.2, 0.25) is 5.91 Å². The van der Waals surface area contributed by atoms with Crippen molar-refractivity contribution >= 4 is 11.9 Å². The Morgan fingerprint density at radius 3 is 2.68 bits per heavy atom. The van der Waals surface area contributed by atoms with E-state index in [2.05, 4.69) is 20.5 Å². The number of amides is 1. The maximum Gasteiger partial charge on any atom is 0.416 e. The number of hydrogen-bond donors (Lipinski definition) is 2. The van der Waals surface area contributed by atoms with Crippen molar-refractivity contribution < 1.29 is 22.4 Å². The molecule has 0 aliphatic carbocycles. The van der Waals surface area contributed by atoms with E-state index in [1.165, 1.54) is 0 Å². The normalized spacial score (nSPS) is 17.6. The lowest BCUT2D eigenvalue weighted by atomic mass is 10.1. The fourth-order valence-electron chi connectivity index (χ4n) is 3.62. The standard InChI is InChI=1S/C21H31F4N5O/c1-4-26-20(28-14-15-8-9-16(22)13-17(15)21(23,24)25)27-10-6-12-30-11-5-7-18(30)19(31)29(2)3/h8-9,13,18H,4-7,10-12,14H2,1-3H3,(H2,26,27,28). The van der Waals surface area contributed by atoms with Crippen LogP contribution < -0.4 is 10.6 Å². The summed E-state index contributed by atoms with van der Waals surface area (Å²) in [6.45, 7) is 4.36. The molecule has 2 rings (SSSR count). The number of alkyl halides is 3. The van der Waals surface area contributed by atoms with Gasteiger partial charge in [-0.1, -0.05) is 6.07 Å².